The van der Waals surface area contributed by atoms with Gasteiger partial charge in [0.05, 0.1) is 23.7 Å². The first-order valence-electron chi connectivity index (χ1n) is 13.3. The van der Waals surface area contributed by atoms with Gasteiger partial charge in [-0.05, 0) is 118 Å². The van der Waals surface area contributed by atoms with Gasteiger partial charge in [-0.15, -0.1) is 0 Å². The Bertz CT molecular complexity index is 975. The first-order valence-corrected chi connectivity index (χ1v) is 14.7. The highest BCUT2D eigenvalue weighted by molar-refractivity contribution is 7.86. The molecule has 0 aliphatic heterocycles. The van der Waals surface area contributed by atoms with Crippen molar-refractivity contribution in [1.29, 1.82) is 0 Å². The maximum absolute atomic E-state index is 12.8. The summed E-state index contributed by atoms with van der Waals surface area (Å²) in [5, 5.41) is 11.0. The maximum atomic E-state index is 12.8. The van der Waals surface area contributed by atoms with Crippen LogP contribution < -0.4 is 0 Å². The molecule has 0 saturated heterocycles. The van der Waals surface area contributed by atoms with Gasteiger partial charge >= 0.3 is 0 Å². The molecule has 0 radical (unpaired) electrons. The molecule has 0 heterocycles. The monoisotopic (exact) mass is 490 g/mol. The van der Waals surface area contributed by atoms with E-state index in [0.717, 1.165) is 49.0 Å². The van der Waals surface area contributed by atoms with E-state index in [-0.39, 0.29) is 10.3 Å². The standard InChI is InChI=1S/C28H42O5S/c1-19-4-8-22(9-5-19)34(30,31)33-17-21-7-11-26-25-10-6-20-16-28(29,18-32-3)15-13-23(20)24(25)12-14-27(21,26)2/h4-5,8-9,20-21,23-26,29H,6-7,10-18H2,1-3H3/t20-,21-,23+,24-,25-,26+,27-,28-/m1/s1. The first-order chi connectivity index (χ1) is 16.2. The van der Waals surface area contributed by atoms with Crippen LogP contribution in [0.25, 0.3) is 0 Å². The summed E-state index contributed by atoms with van der Waals surface area (Å²) >= 11 is 0. The van der Waals surface area contributed by atoms with E-state index in [0.29, 0.717) is 31.0 Å². The number of fused-ring (bicyclic) bond motifs is 5. The van der Waals surface area contributed by atoms with Crippen LogP contribution in [0.1, 0.15) is 70.3 Å². The number of aryl methyl sites for hydroxylation is 1. The molecule has 4 aliphatic rings. The van der Waals surface area contributed by atoms with Crippen molar-refractivity contribution in [3.63, 3.8) is 0 Å². The summed E-state index contributed by atoms with van der Waals surface area (Å²) in [6.07, 6.45) is 10.0. The second-order valence-corrected chi connectivity index (χ2v) is 13.8. The fourth-order valence-electron chi connectivity index (χ4n) is 8.69. The molecule has 4 saturated carbocycles. The minimum Gasteiger partial charge on any atom is -0.387 e. The van der Waals surface area contributed by atoms with Crippen LogP contribution in [-0.2, 0) is 19.0 Å². The Morgan fingerprint density at radius 3 is 2.44 bits per heavy atom. The van der Waals surface area contributed by atoms with Crippen molar-refractivity contribution in [2.45, 2.75) is 82.1 Å². The Kier molecular flexibility index (Phi) is 6.67. The molecule has 5 rings (SSSR count). The largest absolute Gasteiger partial charge is 0.387 e. The summed E-state index contributed by atoms with van der Waals surface area (Å²) in [7, 11) is -2.03. The van der Waals surface area contributed by atoms with Gasteiger partial charge in [-0.25, -0.2) is 0 Å². The van der Waals surface area contributed by atoms with Gasteiger partial charge in [0, 0.05) is 7.11 Å². The van der Waals surface area contributed by atoms with E-state index in [1.807, 2.05) is 19.1 Å². The van der Waals surface area contributed by atoms with Gasteiger partial charge in [-0.1, -0.05) is 24.6 Å². The molecule has 4 fully saturated rings. The normalized spacial score (nSPS) is 42.0. The van der Waals surface area contributed by atoms with Crippen LogP contribution in [0.15, 0.2) is 29.2 Å². The number of ether oxygens (including phenoxy) is 1. The third kappa shape index (κ3) is 4.38. The second-order valence-electron chi connectivity index (χ2n) is 12.2. The highest BCUT2D eigenvalue weighted by Gasteiger charge is 2.57. The van der Waals surface area contributed by atoms with E-state index in [1.54, 1.807) is 19.2 Å². The van der Waals surface area contributed by atoms with E-state index < -0.39 is 15.7 Å². The van der Waals surface area contributed by atoms with Crippen molar-refractivity contribution in [2.24, 2.45) is 40.9 Å². The zero-order valence-corrected chi connectivity index (χ0v) is 21.9. The van der Waals surface area contributed by atoms with Crippen molar-refractivity contribution < 1.29 is 22.4 Å². The van der Waals surface area contributed by atoms with Gasteiger partial charge < -0.3 is 9.84 Å². The lowest BCUT2D eigenvalue weighted by Crippen LogP contribution is -2.52. The third-order valence-corrected chi connectivity index (χ3v) is 11.7. The van der Waals surface area contributed by atoms with Crippen LogP contribution in [0.4, 0.5) is 0 Å². The minimum absolute atomic E-state index is 0.169. The Morgan fingerprint density at radius 1 is 0.971 bits per heavy atom. The number of methoxy groups -OCH3 is 1. The molecule has 190 valence electrons. The Labute approximate surface area is 205 Å². The van der Waals surface area contributed by atoms with Crippen molar-refractivity contribution >= 4 is 10.1 Å². The second kappa shape index (κ2) is 9.17. The SMILES string of the molecule is COC[C@@]1(O)CC[C@H]2[C@H](CC[C@@H]3[C@@H]2CC[C@]2(C)[C@@H](COS(=O)(=O)c4ccc(C)cc4)CC[C@@H]32)C1. The van der Waals surface area contributed by atoms with E-state index in [4.69, 9.17) is 8.92 Å². The molecule has 4 aliphatic carbocycles. The fraction of sp³-hybridized carbons (Fsp3) is 0.786. The van der Waals surface area contributed by atoms with Crippen molar-refractivity contribution in [1.82, 2.24) is 0 Å². The number of benzene rings is 1. The molecule has 8 atom stereocenters. The van der Waals surface area contributed by atoms with Gasteiger partial charge in [0.2, 0.25) is 0 Å². The molecule has 0 spiro atoms. The molecule has 5 nitrogen and oxygen atoms in total. The number of hydrogen-bond donors (Lipinski definition) is 1. The lowest BCUT2D eigenvalue weighted by atomic mass is 9.49. The molecule has 0 bridgehead atoms. The minimum atomic E-state index is -3.72. The molecular formula is C28H42O5S. The Hall–Kier alpha value is -0.950. The van der Waals surface area contributed by atoms with Gasteiger partial charge in [0.25, 0.3) is 10.1 Å². The molecule has 34 heavy (non-hydrogen) atoms. The summed E-state index contributed by atoms with van der Waals surface area (Å²) in [5.41, 5.74) is 0.574. The highest BCUT2D eigenvalue weighted by atomic mass is 32.2. The smallest absolute Gasteiger partial charge is 0.296 e. The van der Waals surface area contributed by atoms with Crippen LogP contribution in [0, 0.1) is 47.8 Å². The predicted octanol–water partition coefficient (Wildman–Crippen LogP) is 5.35. The number of aliphatic hydroxyl groups is 1. The summed E-state index contributed by atoms with van der Waals surface area (Å²) < 4.78 is 36.6. The topological polar surface area (TPSA) is 72.8 Å². The van der Waals surface area contributed by atoms with Gasteiger partial charge in [0.1, 0.15) is 0 Å². The number of hydrogen-bond acceptors (Lipinski definition) is 5. The predicted molar refractivity (Wildman–Crippen MR) is 132 cm³/mol. The molecule has 0 amide bonds. The Balaban J connectivity index is 1.25. The summed E-state index contributed by atoms with van der Waals surface area (Å²) in [6, 6.07) is 6.93. The average Bonchev–Trinajstić information content (AvgIpc) is 3.14. The zero-order valence-electron chi connectivity index (χ0n) is 21.0. The van der Waals surface area contributed by atoms with Crippen LogP contribution in [0.3, 0.4) is 0 Å². The van der Waals surface area contributed by atoms with E-state index in [2.05, 4.69) is 6.92 Å². The quantitative estimate of drug-likeness (QED) is 0.545. The molecule has 1 aromatic rings. The van der Waals surface area contributed by atoms with Crippen LogP contribution in [-0.4, -0.2) is 39.4 Å². The lowest BCUT2D eigenvalue weighted by Gasteiger charge is -2.57. The summed E-state index contributed by atoms with van der Waals surface area (Å²) in [5.74, 6) is 3.83. The molecular weight excluding hydrogens is 448 g/mol. The van der Waals surface area contributed by atoms with E-state index >= 15 is 0 Å². The van der Waals surface area contributed by atoms with Crippen LogP contribution in [0.5, 0.6) is 0 Å². The maximum Gasteiger partial charge on any atom is 0.296 e. The zero-order chi connectivity index (χ0) is 24.1. The Morgan fingerprint density at radius 2 is 1.71 bits per heavy atom. The fourth-order valence-corrected chi connectivity index (χ4v) is 9.64. The van der Waals surface area contributed by atoms with Crippen LogP contribution in [0.2, 0.25) is 0 Å². The summed E-state index contributed by atoms with van der Waals surface area (Å²) in [4.78, 5) is 0.255. The van der Waals surface area contributed by atoms with Crippen molar-refractivity contribution in [3.8, 4) is 0 Å². The third-order valence-electron chi connectivity index (χ3n) is 10.4. The molecule has 0 unspecified atom stereocenters. The van der Waals surface area contributed by atoms with Crippen molar-refractivity contribution in [3.05, 3.63) is 29.8 Å². The number of rotatable bonds is 6. The van der Waals surface area contributed by atoms with Crippen LogP contribution >= 0.6 is 0 Å². The summed E-state index contributed by atoms with van der Waals surface area (Å²) in [6.45, 7) is 5.13. The van der Waals surface area contributed by atoms with E-state index in [1.165, 1.54) is 32.1 Å². The molecule has 6 heteroatoms. The molecule has 0 aromatic heterocycles. The molecule has 1 aromatic carbocycles. The highest BCUT2D eigenvalue weighted by Crippen LogP contribution is 2.64. The molecule has 1 N–H and O–H groups in total. The average molecular weight is 491 g/mol. The van der Waals surface area contributed by atoms with Crippen molar-refractivity contribution in [2.75, 3.05) is 20.3 Å². The van der Waals surface area contributed by atoms with Gasteiger partial charge in [-0.2, -0.15) is 8.42 Å². The van der Waals surface area contributed by atoms with Gasteiger partial charge in [0.15, 0.2) is 0 Å². The van der Waals surface area contributed by atoms with E-state index in [9.17, 15) is 13.5 Å². The lowest BCUT2D eigenvalue weighted by molar-refractivity contribution is -0.125. The van der Waals surface area contributed by atoms with Gasteiger partial charge in [-0.3, -0.25) is 4.18 Å². The first kappa shape index (κ1) is 24.7.